The zero-order chi connectivity index (χ0) is 26.7. The number of imide groups is 1. The molecule has 5 rings (SSSR count). The fourth-order valence-corrected chi connectivity index (χ4v) is 5.75. The van der Waals surface area contributed by atoms with Crippen molar-refractivity contribution in [2.24, 2.45) is 0 Å². The maximum absolute atomic E-state index is 12.8. The Morgan fingerprint density at radius 1 is 0.842 bits per heavy atom. The minimum atomic E-state index is -4.03. The highest BCUT2D eigenvalue weighted by atomic mass is 32.2. The zero-order valence-electron chi connectivity index (χ0n) is 20.4. The van der Waals surface area contributed by atoms with E-state index in [1.165, 1.54) is 18.2 Å². The quantitative estimate of drug-likeness (QED) is 0.197. The summed E-state index contributed by atoms with van der Waals surface area (Å²) < 4.78 is 36.5. The second-order valence-corrected chi connectivity index (χ2v) is 11.2. The summed E-state index contributed by atoms with van der Waals surface area (Å²) in [6, 6.07) is 26.1. The monoisotopic (exact) mass is 545 g/mol. The van der Waals surface area contributed by atoms with Gasteiger partial charge in [-0.05, 0) is 83.1 Å². The number of amides is 2. The van der Waals surface area contributed by atoms with Gasteiger partial charge < -0.3 is 8.92 Å². The van der Waals surface area contributed by atoms with Crippen molar-refractivity contribution in [1.82, 2.24) is 4.90 Å². The van der Waals surface area contributed by atoms with Crippen LogP contribution < -0.4 is 8.92 Å². The Labute approximate surface area is 224 Å². The van der Waals surface area contributed by atoms with Crippen molar-refractivity contribution in [2.45, 2.75) is 11.8 Å². The molecule has 38 heavy (non-hydrogen) atoms. The van der Waals surface area contributed by atoms with Gasteiger partial charge in [0.05, 0.1) is 11.4 Å². The van der Waals surface area contributed by atoms with Crippen molar-refractivity contribution in [1.29, 1.82) is 0 Å². The van der Waals surface area contributed by atoms with Crippen LogP contribution in [-0.4, -0.2) is 37.6 Å². The third-order valence-corrected chi connectivity index (χ3v) is 7.99. The summed E-state index contributed by atoms with van der Waals surface area (Å²) in [4.78, 5) is 26.7. The molecule has 0 unspecified atom stereocenters. The Morgan fingerprint density at radius 3 is 2.37 bits per heavy atom. The number of carbonyl (C=O) groups is 2. The van der Waals surface area contributed by atoms with Crippen LogP contribution in [0.25, 0.3) is 16.8 Å². The molecule has 1 aliphatic heterocycles. The number of nitrogens with zero attached hydrogens (tertiary/aromatic N) is 1. The highest BCUT2D eigenvalue weighted by molar-refractivity contribution is 8.18. The number of ether oxygens (including phenoxy) is 1. The summed E-state index contributed by atoms with van der Waals surface area (Å²) in [7, 11) is -4.03. The van der Waals surface area contributed by atoms with Gasteiger partial charge in [0.15, 0.2) is 0 Å². The highest BCUT2D eigenvalue weighted by Crippen LogP contribution is 2.32. The van der Waals surface area contributed by atoms with Gasteiger partial charge >= 0.3 is 10.1 Å². The average molecular weight is 546 g/mol. The van der Waals surface area contributed by atoms with Crippen molar-refractivity contribution in [2.75, 3.05) is 13.2 Å². The molecule has 4 aromatic carbocycles. The van der Waals surface area contributed by atoms with Crippen molar-refractivity contribution in [3.8, 4) is 11.5 Å². The number of hydrogen-bond acceptors (Lipinski definition) is 7. The van der Waals surface area contributed by atoms with Gasteiger partial charge in [-0.1, -0.05) is 54.6 Å². The molecular weight excluding hydrogens is 522 g/mol. The SMILES string of the molecule is Cc1cccc(OCCN2C(=O)S/C(=C\c3ccc(OS(=O)(=O)c4ccc5ccccc5c4)cc3)C2=O)c1. The minimum absolute atomic E-state index is 0.0559. The number of benzene rings is 4. The molecule has 0 radical (unpaired) electrons. The van der Waals surface area contributed by atoms with Crippen molar-refractivity contribution in [3.63, 3.8) is 0 Å². The molecule has 0 atom stereocenters. The standard InChI is InChI=1S/C29H23NO6S2/c1-20-5-4-8-25(17-20)35-16-15-30-28(31)27(37-29(30)32)18-21-9-12-24(13-10-21)36-38(33,34)26-14-11-22-6-2-3-7-23(22)19-26/h2-14,17-19H,15-16H2,1H3/b27-18-. The van der Waals surface area contributed by atoms with Crippen LogP contribution in [0.3, 0.4) is 0 Å². The molecular formula is C29H23NO6S2. The summed E-state index contributed by atoms with van der Waals surface area (Å²) in [6.07, 6.45) is 1.59. The summed E-state index contributed by atoms with van der Waals surface area (Å²) in [6.45, 7) is 2.28. The molecule has 0 spiro atoms. The Balaban J connectivity index is 1.22. The summed E-state index contributed by atoms with van der Waals surface area (Å²) in [5.41, 5.74) is 1.68. The number of aryl methyl sites for hydroxylation is 1. The lowest BCUT2D eigenvalue weighted by Crippen LogP contribution is -2.32. The van der Waals surface area contributed by atoms with E-state index in [0.29, 0.717) is 11.3 Å². The van der Waals surface area contributed by atoms with Gasteiger partial charge in [0.2, 0.25) is 0 Å². The van der Waals surface area contributed by atoms with Gasteiger partial charge in [-0.15, -0.1) is 0 Å². The van der Waals surface area contributed by atoms with Gasteiger partial charge in [0.25, 0.3) is 11.1 Å². The maximum atomic E-state index is 12.8. The van der Waals surface area contributed by atoms with Gasteiger partial charge in [-0.3, -0.25) is 14.5 Å². The fraction of sp³-hybridized carbons (Fsp3) is 0.103. The molecule has 7 nitrogen and oxygen atoms in total. The van der Waals surface area contributed by atoms with E-state index < -0.39 is 16.0 Å². The lowest BCUT2D eigenvalue weighted by atomic mass is 10.1. The van der Waals surface area contributed by atoms with Crippen LogP contribution in [0, 0.1) is 6.92 Å². The Bertz CT molecular complexity index is 1660. The summed E-state index contributed by atoms with van der Waals surface area (Å²) in [5.74, 6) is 0.418. The van der Waals surface area contributed by atoms with Gasteiger partial charge in [0.1, 0.15) is 23.0 Å². The smallest absolute Gasteiger partial charge is 0.339 e. The molecule has 4 aromatic rings. The molecule has 1 fully saturated rings. The normalized spacial score (nSPS) is 14.9. The first-order chi connectivity index (χ1) is 18.3. The van der Waals surface area contributed by atoms with Crippen LogP contribution in [0.2, 0.25) is 0 Å². The summed E-state index contributed by atoms with van der Waals surface area (Å²) >= 11 is 0.854. The fourth-order valence-electron chi connectivity index (χ4n) is 3.92. The third kappa shape index (κ3) is 5.74. The maximum Gasteiger partial charge on any atom is 0.339 e. The minimum Gasteiger partial charge on any atom is -0.492 e. The lowest BCUT2D eigenvalue weighted by Gasteiger charge is -2.13. The molecule has 0 aliphatic carbocycles. The van der Waals surface area contributed by atoms with E-state index in [1.807, 2.05) is 55.5 Å². The Kier molecular flexibility index (Phi) is 7.22. The van der Waals surface area contributed by atoms with Crippen LogP contribution >= 0.6 is 11.8 Å². The van der Waals surface area contributed by atoms with Crippen LogP contribution in [0.4, 0.5) is 4.79 Å². The van der Waals surface area contributed by atoms with Gasteiger partial charge in [0, 0.05) is 0 Å². The van der Waals surface area contributed by atoms with Crippen molar-refractivity contribution < 1.29 is 26.9 Å². The highest BCUT2D eigenvalue weighted by Gasteiger charge is 2.34. The van der Waals surface area contributed by atoms with Crippen molar-refractivity contribution >= 4 is 49.9 Å². The van der Waals surface area contributed by atoms with Crippen LogP contribution in [0.5, 0.6) is 11.5 Å². The second kappa shape index (κ2) is 10.7. The molecule has 2 amide bonds. The van der Waals surface area contributed by atoms with Gasteiger partial charge in [-0.2, -0.15) is 8.42 Å². The molecule has 1 aliphatic rings. The van der Waals surface area contributed by atoms with E-state index in [-0.39, 0.29) is 33.9 Å². The molecule has 9 heteroatoms. The topological polar surface area (TPSA) is 90.0 Å². The lowest BCUT2D eigenvalue weighted by molar-refractivity contribution is -0.123. The molecule has 1 saturated heterocycles. The third-order valence-electron chi connectivity index (χ3n) is 5.84. The van der Waals surface area contributed by atoms with Crippen molar-refractivity contribution in [3.05, 3.63) is 107 Å². The average Bonchev–Trinajstić information content (AvgIpc) is 3.16. The zero-order valence-corrected chi connectivity index (χ0v) is 22.0. The number of fused-ring (bicyclic) bond motifs is 1. The predicted octanol–water partition coefficient (Wildman–Crippen LogP) is 6.03. The van der Waals surface area contributed by atoms with E-state index >= 15 is 0 Å². The number of hydrogen-bond donors (Lipinski definition) is 0. The second-order valence-electron chi connectivity index (χ2n) is 8.61. The van der Waals surface area contributed by atoms with Crippen LogP contribution in [-0.2, 0) is 14.9 Å². The molecule has 0 aromatic heterocycles. The Hall–Kier alpha value is -4.08. The molecule has 1 heterocycles. The Morgan fingerprint density at radius 2 is 1.61 bits per heavy atom. The first-order valence-electron chi connectivity index (χ1n) is 11.8. The first-order valence-corrected chi connectivity index (χ1v) is 14.0. The predicted molar refractivity (Wildman–Crippen MR) is 148 cm³/mol. The van der Waals surface area contributed by atoms with E-state index in [1.54, 1.807) is 30.3 Å². The molecule has 0 bridgehead atoms. The van der Waals surface area contributed by atoms with E-state index in [0.717, 1.165) is 33.0 Å². The number of thioether (sulfide) groups is 1. The van der Waals surface area contributed by atoms with Crippen LogP contribution in [0.15, 0.2) is 101 Å². The van der Waals surface area contributed by atoms with E-state index in [4.69, 9.17) is 8.92 Å². The summed E-state index contributed by atoms with van der Waals surface area (Å²) in [5, 5.41) is 1.36. The largest absolute Gasteiger partial charge is 0.492 e. The molecule has 0 N–H and O–H groups in total. The number of carbonyl (C=O) groups excluding carboxylic acids is 2. The molecule has 192 valence electrons. The first kappa shape index (κ1) is 25.6. The van der Waals surface area contributed by atoms with E-state index in [2.05, 4.69) is 0 Å². The van der Waals surface area contributed by atoms with Crippen LogP contribution in [0.1, 0.15) is 11.1 Å². The molecule has 0 saturated carbocycles. The number of rotatable bonds is 8. The van der Waals surface area contributed by atoms with Gasteiger partial charge in [-0.25, -0.2) is 0 Å². The van der Waals surface area contributed by atoms with E-state index in [9.17, 15) is 18.0 Å².